The van der Waals surface area contributed by atoms with Gasteiger partial charge in [-0.15, -0.1) is 0 Å². The lowest BCUT2D eigenvalue weighted by molar-refractivity contribution is 0.0600. The second-order valence-corrected chi connectivity index (χ2v) is 6.12. The van der Waals surface area contributed by atoms with E-state index < -0.39 is 0 Å². The lowest BCUT2D eigenvalue weighted by atomic mass is 10.1. The van der Waals surface area contributed by atoms with Crippen molar-refractivity contribution in [3.05, 3.63) is 70.3 Å². The Morgan fingerprint density at radius 3 is 2.38 bits per heavy atom. The van der Waals surface area contributed by atoms with Crippen LogP contribution in [0.5, 0.6) is 0 Å². The molecule has 0 bridgehead atoms. The molecule has 0 radical (unpaired) electrons. The van der Waals surface area contributed by atoms with Crippen molar-refractivity contribution in [2.75, 3.05) is 7.11 Å². The van der Waals surface area contributed by atoms with Crippen LogP contribution in [-0.2, 0) is 16.2 Å². The number of hydrogen-bond acceptors (Lipinski definition) is 3. The summed E-state index contributed by atoms with van der Waals surface area (Å²) in [7, 11) is 1.42. The third-order valence-corrected chi connectivity index (χ3v) is 4.28. The maximum Gasteiger partial charge on any atom is 0.338 e. The van der Waals surface area contributed by atoms with Crippen LogP contribution >= 0.6 is 11.8 Å². The fraction of sp³-hybridized carbons (Fsp3) is 0.278. The smallest absolute Gasteiger partial charge is 0.338 e. The van der Waals surface area contributed by atoms with Crippen LogP contribution in [0.25, 0.3) is 0 Å². The van der Waals surface area contributed by atoms with E-state index >= 15 is 0 Å². The van der Waals surface area contributed by atoms with Gasteiger partial charge in [0.15, 0.2) is 0 Å². The zero-order valence-electron chi connectivity index (χ0n) is 12.7. The molecule has 0 spiro atoms. The first-order chi connectivity index (χ1) is 10.1. The predicted octanol–water partition coefficient (Wildman–Crippen LogP) is 4.52. The fourth-order valence-electron chi connectivity index (χ4n) is 2.39. The highest BCUT2D eigenvalue weighted by molar-refractivity contribution is 7.97. The van der Waals surface area contributed by atoms with E-state index in [0.717, 1.165) is 17.1 Å². The van der Waals surface area contributed by atoms with Crippen molar-refractivity contribution in [2.45, 2.75) is 25.4 Å². The summed E-state index contributed by atoms with van der Waals surface area (Å²) in [5, 5.41) is 0. The van der Waals surface area contributed by atoms with Gasteiger partial charge in [0.1, 0.15) is 0 Å². The Morgan fingerprint density at radius 1 is 1.05 bits per heavy atom. The number of thioether (sulfide) groups is 1. The van der Waals surface area contributed by atoms with E-state index in [1.54, 1.807) is 0 Å². The number of rotatable bonds is 5. The van der Waals surface area contributed by atoms with E-state index in [1.165, 1.54) is 23.8 Å². The van der Waals surface area contributed by atoms with Gasteiger partial charge < -0.3 is 4.74 Å². The summed E-state index contributed by atoms with van der Waals surface area (Å²) in [5.74, 6) is 1.48. The molecule has 0 aliphatic rings. The molecule has 0 saturated carbocycles. The van der Waals surface area contributed by atoms with Gasteiger partial charge in [0, 0.05) is 11.5 Å². The lowest BCUT2D eigenvalue weighted by Crippen LogP contribution is -2.04. The van der Waals surface area contributed by atoms with Crippen LogP contribution in [0.3, 0.4) is 0 Å². The maximum absolute atomic E-state index is 11.7. The van der Waals surface area contributed by atoms with Gasteiger partial charge >= 0.3 is 5.97 Å². The molecule has 0 amide bonds. The highest BCUT2D eigenvalue weighted by Gasteiger charge is 2.10. The van der Waals surface area contributed by atoms with Gasteiger partial charge in [-0.25, -0.2) is 4.79 Å². The van der Waals surface area contributed by atoms with Crippen molar-refractivity contribution in [3.8, 4) is 0 Å². The summed E-state index contributed by atoms with van der Waals surface area (Å²) in [6.07, 6.45) is 0. The average Bonchev–Trinajstić information content (AvgIpc) is 2.46. The van der Waals surface area contributed by atoms with E-state index in [9.17, 15) is 4.79 Å². The normalized spacial score (nSPS) is 10.4. The molecule has 0 unspecified atom stereocenters. The summed E-state index contributed by atoms with van der Waals surface area (Å²) in [6.45, 7) is 4.24. The third-order valence-electron chi connectivity index (χ3n) is 3.23. The molecule has 2 nitrogen and oxygen atoms in total. The largest absolute Gasteiger partial charge is 0.465 e. The summed E-state index contributed by atoms with van der Waals surface area (Å²) in [6, 6.07) is 14.2. The van der Waals surface area contributed by atoms with Gasteiger partial charge in [-0.3, -0.25) is 0 Å². The quantitative estimate of drug-likeness (QED) is 0.759. The zero-order chi connectivity index (χ0) is 15.2. The Labute approximate surface area is 130 Å². The van der Waals surface area contributed by atoms with E-state index in [1.807, 2.05) is 36.0 Å². The molecule has 0 N–H and O–H groups in total. The molecule has 0 aromatic heterocycles. The van der Waals surface area contributed by atoms with E-state index in [2.05, 4.69) is 32.0 Å². The molecule has 0 aliphatic carbocycles. The van der Waals surface area contributed by atoms with Crippen LogP contribution < -0.4 is 0 Å². The summed E-state index contributed by atoms with van der Waals surface area (Å²) in [5.41, 5.74) is 5.60. The Bertz CT molecular complexity index is 615. The Morgan fingerprint density at radius 2 is 1.71 bits per heavy atom. The van der Waals surface area contributed by atoms with Crippen LogP contribution in [0, 0.1) is 13.8 Å². The van der Waals surface area contributed by atoms with E-state index in [0.29, 0.717) is 5.56 Å². The highest BCUT2D eigenvalue weighted by atomic mass is 32.2. The maximum atomic E-state index is 11.7. The average molecular weight is 300 g/mol. The van der Waals surface area contributed by atoms with Crippen LogP contribution in [0.1, 0.15) is 32.6 Å². The van der Waals surface area contributed by atoms with Crippen LogP contribution in [0.15, 0.2) is 42.5 Å². The minimum Gasteiger partial charge on any atom is -0.465 e. The number of ether oxygens (including phenoxy) is 1. The number of aryl methyl sites for hydroxylation is 2. The van der Waals surface area contributed by atoms with E-state index in [4.69, 9.17) is 4.74 Å². The van der Waals surface area contributed by atoms with Crippen molar-refractivity contribution in [2.24, 2.45) is 0 Å². The fourth-order valence-corrected chi connectivity index (χ4v) is 3.36. The molecule has 3 heteroatoms. The molecular formula is C18H20O2S. The second kappa shape index (κ2) is 7.32. The van der Waals surface area contributed by atoms with Crippen molar-refractivity contribution in [1.29, 1.82) is 0 Å². The minimum absolute atomic E-state index is 0.266. The first-order valence-electron chi connectivity index (χ1n) is 6.91. The first kappa shape index (κ1) is 15.6. The number of hydrogen-bond donors (Lipinski definition) is 0. The Hall–Kier alpha value is -1.74. The molecule has 0 atom stereocenters. The van der Waals surface area contributed by atoms with E-state index in [-0.39, 0.29) is 5.97 Å². The molecule has 2 aromatic rings. The third kappa shape index (κ3) is 4.36. The first-order valence-corrected chi connectivity index (χ1v) is 8.07. The molecule has 2 rings (SSSR count). The predicted molar refractivity (Wildman–Crippen MR) is 88.7 cm³/mol. The molecule has 0 heterocycles. The number of methoxy groups -OCH3 is 1. The Balaban J connectivity index is 2.02. The number of carbonyl (C=O) groups is 1. The summed E-state index contributed by atoms with van der Waals surface area (Å²) < 4.78 is 4.82. The second-order valence-electron chi connectivity index (χ2n) is 5.14. The van der Waals surface area contributed by atoms with Gasteiger partial charge in [0.25, 0.3) is 0 Å². The van der Waals surface area contributed by atoms with Crippen molar-refractivity contribution >= 4 is 17.7 Å². The molecule has 0 aliphatic heterocycles. The molecular weight excluding hydrogens is 280 g/mol. The van der Waals surface area contributed by atoms with Gasteiger partial charge in [-0.1, -0.05) is 47.5 Å². The standard InChI is InChI=1S/C18H20O2S/c1-13-8-14(2)10-15(9-13)11-21-12-16-6-4-5-7-17(16)18(19)20-3/h4-10H,11-12H2,1-3H3. The van der Waals surface area contributed by atoms with Crippen LogP contribution in [0.2, 0.25) is 0 Å². The minimum atomic E-state index is -0.266. The lowest BCUT2D eigenvalue weighted by Gasteiger charge is -2.08. The molecule has 2 aromatic carbocycles. The van der Waals surface area contributed by atoms with Crippen molar-refractivity contribution in [3.63, 3.8) is 0 Å². The summed E-state index contributed by atoms with van der Waals surface area (Å²) in [4.78, 5) is 11.7. The van der Waals surface area contributed by atoms with Crippen molar-refractivity contribution in [1.82, 2.24) is 0 Å². The Kier molecular flexibility index (Phi) is 5.45. The van der Waals surface area contributed by atoms with Gasteiger partial charge in [-0.05, 0) is 31.0 Å². The number of benzene rings is 2. The van der Waals surface area contributed by atoms with Crippen LogP contribution in [-0.4, -0.2) is 13.1 Å². The molecule has 110 valence electrons. The molecule has 0 saturated heterocycles. The number of esters is 1. The zero-order valence-corrected chi connectivity index (χ0v) is 13.5. The van der Waals surface area contributed by atoms with Gasteiger partial charge in [-0.2, -0.15) is 11.8 Å². The summed E-state index contributed by atoms with van der Waals surface area (Å²) >= 11 is 1.81. The van der Waals surface area contributed by atoms with Gasteiger partial charge in [0.05, 0.1) is 12.7 Å². The van der Waals surface area contributed by atoms with Crippen LogP contribution in [0.4, 0.5) is 0 Å². The topological polar surface area (TPSA) is 26.3 Å². The molecule has 21 heavy (non-hydrogen) atoms. The molecule has 0 fully saturated rings. The number of carbonyl (C=O) groups excluding carboxylic acids is 1. The van der Waals surface area contributed by atoms with Crippen molar-refractivity contribution < 1.29 is 9.53 Å². The SMILES string of the molecule is COC(=O)c1ccccc1CSCc1cc(C)cc(C)c1. The van der Waals surface area contributed by atoms with Gasteiger partial charge in [0.2, 0.25) is 0 Å². The monoisotopic (exact) mass is 300 g/mol. The highest BCUT2D eigenvalue weighted by Crippen LogP contribution is 2.22.